The lowest BCUT2D eigenvalue weighted by atomic mass is 10.0. The number of rotatable bonds is 3. The van der Waals surface area contributed by atoms with Crippen LogP contribution in [0.15, 0.2) is 27.5 Å². The molecule has 118 valence electrons. The molecule has 7 nitrogen and oxygen atoms in total. The Morgan fingerprint density at radius 2 is 2.04 bits per heavy atom. The standard InChI is InChI=1S/C16H14N2O5/c1-7-14(8(2)23-18-7)10-6-12-9(5-13(10)22-3)4-11(16(20)21)15(19)17-12/h4-6H,1-3H3,(H,17,19)(H,20,21). The van der Waals surface area contributed by atoms with Crippen molar-refractivity contribution in [3.05, 3.63) is 45.6 Å². The van der Waals surface area contributed by atoms with E-state index in [-0.39, 0.29) is 5.56 Å². The molecule has 0 bridgehead atoms. The average molecular weight is 314 g/mol. The van der Waals surface area contributed by atoms with Crippen molar-refractivity contribution in [2.75, 3.05) is 7.11 Å². The molecule has 0 aliphatic heterocycles. The molecule has 0 atom stereocenters. The fraction of sp³-hybridized carbons (Fsp3) is 0.188. The largest absolute Gasteiger partial charge is 0.496 e. The zero-order valence-electron chi connectivity index (χ0n) is 12.8. The number of aryl methyl sites for hydroxylation is 2. The number of hydrogen-bond acceptors (Lipinski definition) is 5. The van der Waals surface area contributed by atoms with Crippen LogP contribution in [-0.2, 0) is 0 Å². The van der Waals surface area contributed by atoms with Crippen molar-refractivity contribution in [1.82, 2.24) is 10.1 Å². The molecular weight excluding hydrogens is 300 g/mol. The quantitative estimate of drug-likeness (QED) is 0.769. The van der Waals surface area contributed by atoms with E-state index in [0.717, 1.165) is 11.1 Å². The van der Waals surface area contributed by atoms with Gasteiger partial charge < -0.3 is 19.4 Å². The van der Waals surface area contributed by atoms with Crippen LogP contribution in [-0.4, -0.2) is 28.3 Å². The van der Waals surface area contributed by atoms with Gasteiger partial charge in [-0.15, -0.1) is 0 Å². The maximum atomic E-state index is 11.9. The van der Waals surface area contributed by atoms with E-state index in [2.05, 4.69) is 10.1 Å². The first-order valence-electron chi connectivity index (χ1n) is 6.84. The first kappa shape index (κ1) is 14.8. The van der Waals surface area contributed by atoms with Crippen molar-refractivity contribution in [3.8, 4) is 16.9 Å². The van der Waals surface area contributed by atoms with E-state index in [1.165, 1.54) is 13.2 Å². The van der Waals surface area contributed by atoms with Crippen molar-refractivity contribution < 1.29 is 19.2 Å². The minimum Gasteiger partial charge on any atom is -0.496 e. The first-order valence-corrected chi connectivity index (χ1v) is 6.84. The molecule has 0 spiro atoms. The minimum atomic E-state index is -1.28. The number of H-pyrrole nitrogens is 1. The second kappa shape index (κ2) is 5.28. The molecule has 1 aromatic carbocycles. The predicted molar refractivity (Wildman–Crippen MR) is 83.1 cm³/mol. The van der Waals surface area contributed by atoms with Crippen molar-refractivity contribution >= 4 is 16.9 Å². The smallest absolute Gasteiger partial charge is 0.341 e. The predicted octanol–water partition coefficient (Wildman–Crippen LogP) is 2.51. The van der Waals surface area contributed by atoms with Crippen molar-refractivity contribution in [1.29, 1.82) is 0 Å². The van der Waals surface area contributed by atoms with E-state index < -0.39 is 11.5 Å². The lowest BCUT2D eigenvalue weighted by Gasteiger charge is -2.10. The van der Waals surface area contributed by atoms with Gasteiger partial charge in [0.15, 0.2) is 0 Å². The van der Waals surface area contributed by atoms with Crippen LogP contribution < -0.4 is 10.3 Å². The van der Waals surface area contributed by atoms with Gasteiger partial charge in [0, 0.05) is 16.5 Å². The molecule has 0 aliphatic rings. The highest BCUT2D eigenvalue weighted by atomic mass is 16.5. The number of carbonyl (C=O) groups is 1. The number of nitrogens with one attached hydrogen (secondary N) is 1. The first-order chi connectivity index (χ1) is 10.9. The van der Waals surface area contributed by atoms with Crippen LogP contribution in [0.1, 0.15) is 21.8 Å². The Bertz CT molecular complexity index is 965. The van der Waals surface area contributed by atoms with E-state index in [4.69, 9.17) is 14.4 Å². The highest BCUT2D eigenvalue weighted by molar-refractivity contribution is 5.95. The molecule has 2 aromatic heterocycles. The number of nitrogens with zero attached hydrogens (tertiary/aromatic N) is 1. The zero-order chi connectivity index (χ0) is 16.7. The Balaban J connectivity index is 2.35. The van der Waals surface area contributed by atoms with Crippen LogP contribution in [0, 0.1) is 13.8 Å². The number of aromatic amines is 1. The second-order valence-corrected chi connectivity index (χ2v) is 5.16. The Labute approximate surface area is 130 Å². The van der Waals surface area contributed by atoms with E-state index in [0.29, 0.717) is 28.1 Å². The molecule has 2 N–H and O–H groups in total. The van der Waals surface area contributed by atoms with E-state index in [1.807, 2.05) is 6.92 Å². The number of fused-ring (bicyclic) bond motifs is 1. The summed E-state index contributed by atoms with van der Waals surface area (Å²) in [6.07, 6.45) is 0. The van der Waals surface area contributed by atoms with Gasteiger partial charge in [0.05, 0.1) is 18.4 Å². The summed E-state index contributed by atoms with van der Waals surface area (Å²) in [5.74, 6) is -0.109. The van der Waals surface area contributed by atoms with Gasteiger partial charge in [-0.25, -0.2) is 4.79 Å². The summed E-state index contributed by atoms with van der Waals surface area (Å²) in [5.41, 5.74) is 1.74. The molecule has 0 saturated carbocycles. The van der Waals surface area contributed by atoms with Gasteiger partial charge in [-0.3, -0.25) is 4.79 Å². The number of methoxy groups -OCH3 is 1. The third kappa shape index (κ3) is 2.36. The Morgan fingerprint density at radius 3 is 2.61 bits per heavy atom. The number of carboxylic acid groups (broad SMARTS) is 1. The Kier molecular flexibility index (Phi) is 3.40. The van der Waals surface area contributed by atoms with Crippen molar-refractivity contribution in [3.63, 3.8) is 0 Å². The molecule has 7 heteroatoms. The summed E-state index contributed by atoms with van der Waals surface area (Å²) >= 11 is 0. The number of ether oxygens (including phenoxy) is 1. The normalized spacial score (nSPS) is 10.9. The Morgan fingerprint density at radius 1 is 1.30 bits per heavy atom. The molecule has 0 amide bonds. The highest BCUT2D eigenvalue weighted by Gasteiger charge is 2.18. The fourth-order valence-corrected chi connectivity index (χ4v) is 2.62. The van der Waals surface area contributed by atoms with Crippen molar-refractivity contribution in [2.24, 2.45) is 0 Å². The number of aromatic nitrogens is 2. The average Bonchev–Trinajstić information content (AvgIpc) is 2.84. The topological polar surface area (TPSA) is 105 Å². The molecule has 3 aromatic rings. The van der Waals surface area contributed by atoms with E-state index in [1.54, 1.807) is 19.1 Å². The van der Waals surface area contributed by atoms with Crippen molar-refractivity contribution in [2.45, 2.75) is 13.8 Å². The summed E-state index contributed by atoms with van der Waals surface area (Å²) in [6, 6.07) is 4.74. The zero-order valence-corrected chi connectivity index (χ0v) is 12.8. The molecule has 0 fully saturated rings. The summed E-state index contributed by atoms with van der Waals surface area (Å²) < 4.78 is 10.6. The summed E-state index contributed by atoms with van der Waals surface area (Å²) in [5, 5.41) is 13.5. The van der Waals surface area contributed by atoms with Crippen LogP contribution in [0.3, 0.4) is 0 Å². The molecule has 0 radical (unpaired) electrons. The summed E-state index contributed by atoms with van der Waals surface area (Å²) in [6.45, 7) is 3.60. The number of hydrogen-bond donors (Lipinski definition) is 2. The van der Waals surface area contributed by atoms with E-state index >= 15 is 0 Å². The van der Waals surface area contributed by atoms with Gasteiger partial charge in [-0.05, 0) is 32.0 Å². The number of carboxylic acids is 1. The molecule has 2 heterocycles. The number of pyridine rings is 1. The minimum absolute atomic E-state index is 0.315. The molecule has 23 heavy (non-hydrogen) atoms. The fourth-order valence-electron chi connectivity index (χ4n) is 2.62. The Hall–Kier alpha value is -3.09. The molecular formula is C16H14N2O5. The third-order valence-corrected chi connectivity index (χ3v) is 3.70. The number of benzene rings is 1. The van der Waals surface area contributed by atoms with Crippen LogP contribution in [0.2, 0.25) is 0 Å². The second-order valence-electron chi connectivity index (χ2n) is 5.16. The highest BCUT2D eigenvalue weighted by Crippen LogP contribution is 2.36. The summed E-state index contributed by atoms with van der Waals surface area (Å²) in [7, 11) is 1.52. The lowest BCUT2D eigenvalue weighted by molar-refractivity contribution is 0.0695. The van der Waals surface area contributed by atoms with Gasteiger partial charge in [0.25, 0.3) is 5.56 Å². The van der Waals surface area contributed by atoms with Crippen LogP contribution in [0.5, 0.6) is 5.75 Å². The van der Waals surface area contributed by atoms with Gasteiger partial charge in [-0.1, -0.05) is 5.16 Å². The van der Waals surface area contributed by atoms with Crippen LogP contribution >= 0.6 is 0 Å². The maximum absolute atomic E-state index is 11.9. The molecule has 0 unspecified atom stereocenters. The molecule has 3 rings (SSSR count). The van der Waals surface area contributed by atoms with Gasteiger partial charge in [0.1, 0.15) is 17.1 Å². The molecule has 0 aliphatic carbocycles. The van der Waals surface area contributed by atoms with Gasteiger partial charge >= 0.3 is 5.97 Å². The van der Waals surface area contributed by atoms with E-state index in [9.17, 15) is 9.59 Å². The number of aromatic carboxylic acids is 1. The monoisotopic (exact) mass is 314 g/mol. The summed E-state index contributed by atoms with van der Waals surface area (Å²) in [4.78, 5) is 25.5. The molecule has 0 saturated heterocycles. The third-order valence-electron chi connectivity index (χ3n) is 3.70. The SMILES string of the molecule is COc1cc2cc(C(=O)O)c(=O)[nH]c2cc1-c1c(C)noc1C. The lowest BCUT2D eigenvalue weighted by Crippen LogP contribution is -2.17. The van der Waals surface area contributed by atoms with Crippen LogP contribution in [0.4, 0.5) is 0 Å². The van der Waals surface area contributed by atoms with Gasteiger partial charge in [-0.2, -0.15) is 0 Å². The van der Waals surface area contributed by atoms with Gasteiger partial charge in [0.2, 0.25) is 0 Å². The maximum Gasteiger partial charge on any atom is 0.341 e. The van der Waals surface area contributed by atoms with Crippen LogP contribution in [0.25, 0.3) is 22.0 Å².